The molecule has 0 saturated heterocycles. The summed E-state index contributed by atoms with van der Waals surface area (Å²) in [6.45, 7) is 2.14. The molecule has 128 valence electrons. The number of halogens is 2. The zero-order valence-electron chi connectivity index (χ0n) is 13.1. The number of sulfonamides is 1. The molecule has 24 heavy (non-hydrogen) atoms. The van der Waals surface area contributed by atoms with Crippen LogP contribution in [0.3, 0.4) is 0 Å². The number of anilines is 2. The van der Waals surface area contributed by atoms with Crippen molar-refractivity contribution in [3.8, 4) is 0 Å². The van der Waals surface area contributed by atoms with E-state index in [1.807, 2.05) is 0 Å². The molecule has 0 bridgehead atoms. The SMILES string of the molecule is Cc1cc(Nc2ccc(F)cc2F)ccc1S(=O)(=O)NCC1CC1. The summed E-state index contributed by atoms with van der Waals surface area (Å²) in [6.07, 6.45) is 2.13. The van der Waals surface area contributed by atoms with Crippen LogP contribution in [0.15, 0.2) is 41.3 Å². The Balaban J connectivity index is 1.78. The highest BCUT2D eigenvalue weighted by molar-refractivity contribution is 7.89. The summed E-state index contributed by atoms with van der Waals surface area (Å²) in [4.78, 5) is 0.202. The van der Waals surface area contributed by atoms with Crippen LogP contribution in [0.5, 0.6) is 0 Å². The zero-order valence-corrected chi connectivity index (χ0v) is 14.0. The third-order valence-electron chi connectivity index (χ3n) is 3.93. The maximum atomic E-state index is 13.7. The predicted molar refractivity (Wildman–Crippen MR) is 88.7 cm³/mol. The van der Waals surface area contributed by atoms with Crippen LogP contribution < -0.4 is 10.0 Å². The lowest BCUT2D eigenvalue weighted by Gasteiger charge is -2.12. The van der Waals surface area contributed by atoms with E-state index in [0.29, 0.717) is 23.7 Å². The second-order valence-corrected chi connectivity index (χ2v) is 7.76. The van der Waals surface area contributed by atoms with Gasteiger partial charge in [0.05, 0.1) is 10.6 Å². The van der Waals surface area contributed by atoms with Gasteiger partial charge in [-0.3, -0.25) is 0 Å². The lowest BCUT2D eigenvalue weighted by molar-refractivity contribution is 0.576. The first-order valence-corrected chi connectivity index (χ1v) is 9.16. The van der Waals surface area contributed by atoms with Crippen LogP contribution in [-0.2, 0) is 10.0 Å². The average Bonchev–Trinajstić information content (AvgIpc) is 3.32. The highest BCUT2D eigenvalue weighted by Gasteiger charge is 2.25. The Labute approximate surface area is 139 Å². The summed E-state index contributed by atoms with van der Waals surface area (Å²) in [6, 6.07) is 7.89. The second-order valence-electron chi connectivity index (χ2n) is 6.02. The van der Waals surface area contributed by atoms with Crippen molar-refractivity contribution in [3.63, 3.8) is 0 Å². The summed E-state index contributed by atoms with van der Waals surface area (Å²) in [5, 5.41) is 2.82. The third kappa shape index (κ3) is 3.91. The minimum atomic E-state index is -3.55. The maximum absolute atomic E-state index is 13.7. The van der Waals surface area contributed by atoms with Gasteiger partial charge < -0.3 is 5.32 Å². The highest BCUT2D eigenvalue weighted by atomic mass is 32.2. The molecule has 0 aromatic heterocycles. The van der Waals surface area contributed by atoms with E-state index < -0.39 is 21.7 Å². The van der Waals surface area contributed by atoms with Gasteiger partial charge in [-0.2, -0.15) is 0 Å². The molecule has 0 aliphatic heterocycles. The summed E-state index contributed by atoms with van der Waals surface area (Å²) in [5.41, 5.74) is 1.20. The lowest BCUT2D eigenvalue weighted by atomic mass is 10.2. The van der Waals surface area contributed by atoms with Crippen LogP contribution in [0.1, 0.15) is 18.4 Å². The molecule has 0 spiro atoms. The Morgan fingerprint density at radius 3 is 2.50 bits per heavy atom. The second kappa shape index (κ2) is 6.49. The number of rotatable bonds is 6. The van der Waals surface area contributed by atoms with Gasteiger partial charge in [-0.1, -0.05) is 0 Å². The quantitative estimate of drug-likeness (QED) is 0.833. The number of nitrogens with one attached hydrogen (secondary N) is 2. The van der Waals surface area contributed by atoms with E-state index in [-0.39, 0.29) is 10.6 Å². The summed E-state index contributed by atoms with van der Waals surface area (Å²) in [5.74, 6) is -0.921. The Morgan fingerprint density at radius 2 is 1.88 bits per heavy atom. The van der Waals surface area contributed by atoms with E-state index >= 15 is 0 Å². The number of hydrogen-bond acceptors (Lipinski definition) is 3. The maximum Gasteiger partial charge on any atom is 0.240 e. The molecule has 2 aromatic carbocycles. The molecule has 7 heteroatoms. The van der Waals surface area contributed by atoms with Crippen LogP contribution in [0.4, 0.5) is 20.2 Å². The number of benzene rings is 2. The van der Waals surface area contributed by atoms with Gasteiger partial charge >= 0.3 is 0 Å². The molecule has 0 amide bonds. The van der Waals surface area contributed by atoms with E-state index in [1.165, 1.54) is 12.1 Å². The van der Waals surface area contributed by atoms with Crippen molar-refractivity contribution >= 4 is 21.4 Å². The smallest absolute Gasteiger partial charge is 0.240 e. The van der Waals surface area contributed by atoms with Crippen molar-refractivity contribution < 1.29 is 17.2 Å². The zero-order chi connectivity index (χ0) is 17.3. The summed E-state index contributed by atoms with van der Waals surface area (Å²) < 4.78 is 53.8. The van der Waals surface area contributed by atoms with E-state index in [4.69, 9.17) is 0 Å². The van der Waals surface area contributed by atoms with E-state index in [2.05, 4.69) is 10.0 Å². The van der Waals surface area contributed by atoms with Crippen molar-refractivity contribution in [1.82, 2.24) is 4.72 Å². The first kappa shape index (κ1) is 16.9. The van der Waals surface area contributed by atoms with Crippen LogP contribution in [-0.4, -0.2) is 15.0 Å². The minimum Gasteiger partial charge on any atom is -0.353 e. The highest BCUT2D eigenvalue weighted by Crippen LogP contribution is 2.29. The molecular formula is C17H18F2N2O2S. The van der Waals surface area contributed by atoms with Gasteiger partial charge in [0.15, 0.2) is 0 Å². The van der Waals surface area contributed by atoms with Gasteiger partial charge in [-0.05, 0) is 61.6 Å². The number of hydrogen-bond donors (Lipinski definition) is 2. The summed E-state index contributed by atoms with van der Waals surface area (Å²) in [7, 11) is -3.55. The molecule has 4 nitrogen and oxygen atoms in total. The molecular weight excluding hydrogens is 334 g/mol. The van der Waals surface area contributed by atoms with Gasteiger partial charge in [0.25, 0.3) is 0 Å². The molecule has 0 atom stereocenters. The van der Waals surface area contributed by atoms with Crippen LogP contribution in [0.25, 0.3) is 0 Å². The average molecular weight is 352 g/mol. The Morgan fingerprint density at radius 1 is 1.12 bits per heavy atom. The van der Waals surface area contributed by atoms with Crippen LogP contribution >= 0.6 is 0 Å². The van der Waals surface area contributed by atoms with Gasteiger partial charge in [-0.15, -0.1) is 0 Å². The van der Waals surface area contributed by atoms with Crippen molar-refractivity contribution in [2.75, 3.05) is 11.9 Å². The molecule has 1 fully saturated rings. The van der Waals surface area contributed by atoms with E-state index in [9.17, 15) is 17.2 Å². The standard InChI is InChI=1S/C17H18F2N2O2S/c1-11-8-14(21-16-6-4-13(18)9-15(16)19)5-7-17(11)24(22,23)20-10-12-2-3-12/h4-9,12,20-21H,2-3,10H2,1H3. The summed E-state index contributed by atoms with van der Waals surface area (Å²) >= 11 is 0. The van der Waals surface area contributed by atoms with Crippen molar-refractivity contribution in [1.29, 1.82) is 0 Å². The molecule has 0 radical (unpaired) electrons. The predicted octanol–water partition coefficient (Wildman–Crippen LogP) is 3.71. The molecule has 1 saturated carbocycles. The normalized spacial score (nSPS) is 14.6. The largest absolute Gasteiger partial charge is 0.353 e. The molecule has 1 aliphatic carbocycles. The number of aryl methyl sites for hydroxylation is 1. The van der Waals surface area contributed by atoms with E-state index in [0.717, 1.165) is 25.0 Å². The first-order chi connectivity index (χ1) is 11.3. The van der Waals surface area contributed by atoms with Crippen molar-refractivity contribution in [2.24, 2.45) is 5.92 Å². The van der Waals surface area contributed by atoms with Crippen LogP contribution in [0.2, 0.25) is 0 Å². The Hall–Kier alpha value is -1.99. The molecule has 3 rings (SSSR count). The third-order valence-corrected chi connectivity index (χ3v) is 5.52. The van der Waals surface area contributed by atoms with Crippen molar-refractivity contribution in [3.05, 3.63) is 53.6 Å². The monoisotopic (exact) mass is 352 g/mol. The van der Waals surface area contributed by atoms with Gasteiger partial charge in [0.1, 0.15) is 11.6 Å². The fraction of sp³-hybridized carbons (Fsp3) is 0.294. The van der Waals surface area contributed by atoms with Gasteiger partial charge in [0.2, 0.25) is 10.0 Å². The molecule has 2 aromatic rings. The first-order valence-electron chi connectivity index (χ1n) is 7.67. The topological polar surface area (TPSA) is 58.2 Å². The molecule has 0 unspecified atom stereocenters. The van der Waals surface area contributed by atoms with Crippen LogP contribution in [0, 0.1) is 24.5 Å². The van der Waals surface area contributed by atoms with Gasteiger partial charge in [-0.25, -0.2) is 21.9 Å². The Bertz CT molecular complexity index is 865. The minimum absolute atomic E-state index is 0.123. The molecule has 1 aliphatic rings. The van der Waals surface area contributed by atoms with Gasteiger partial charge in [0, 0.05) is 18.3 Å². The fourth-order valence-electron chi connectivity index (χ4n) is 2.40. The molecule has 0 heterocycles. The Kier molecular flexibility index (Phi) is 4.56. The fourth-order valence-corrected chi connectivity index (χ4v) is 3.74. The van der Waals surface area contributed by atoms with E-state index in [1.54, 1.807) is 19.1 Å². The molecule has 2 N–H and O–H groups in total. The lowest BCUT2D eigenvalue weighted by Crippen LogP contribution is -2.26. The van der Waals surface area contributed by atoms with Crippen molar-refractivity contribution in [2.45, 2.75) is 24.7 Å².